The first-order valence-electron chi connectivity index (χ1n) is 8.56. The number of nitrogens with one attached hydrogen (secondary N) is 1. The summed E-state index contributed by atoms with van der Waals surface area (Å²) >= 11 is 1.37. The Balaban J connectivity index is 1.80. The van der Waals surface area contributed by atoms with Crippen molar-refractivity contribution in [1.82, 2.24) is 5.32 Å². The van der Waals surface area contributed by atoms with E-state index in [0.29, 0.717) is 12.8 Å². The van der Waals surface area contributed by atoms with Crippen LogP contribution in [0.25, 0.3) is 0 Å². The van der Waals surface area contributed by atoms with Gasteiger partial charge < -0.3 is 10.1 Å². The number of thioether (sulfide) groups is 1. The van der Waals surface area contributed by atoms with Crippen LogP contribution >= 0.6 is 11.8 Å². The Kier molecular flexibility index (Phi) is 6.89. The van der Waals surface area contributed by atoms with Crippen LogP contribution in [-0.2, 0) is 14.3 Å². The van der Waals surface area contributed by atoms with Crippen LogP contribution in [0.1, 0.15) is 44.6 Å². The smallest absolute Gasteiger partial charge is 0.317 e. The molecule has 2 rings (SSSR count). The number of benzene rings is 1. The molecule has 0 saturated heterocycles. The minimum Gasteiger partial charge on any atom is -0.452 e. The van der Waals surface area contributed by atoms with E-state index < -0.39 is 23.5 Å². The quantitative estimate of drug-likeness (QED) is 0.621. The van der Waals surface area contributed by atoms with Crippen LogP contribution in [0.2, 0.25) is 0 Å². The topological polar surface area (TPSA) is 79.2 Å². The molecule has 0 bridgehead atoms. The predicted octanol–water partition coefficient (Wildman–Crippen LogP) is 3.36. The average Bonchev–Trinajstić information content (AvgIpc) is 2.62. The van der Waals surface area contributed by atoms with E-state index in [1.165, 1.54) is 18.7 Å². The number of rotatable bonds is 6. The number of nitrogens with zero attached hydrogens (tertiary/aromatic N) is 1. The Morgan fingerprint density at radius 3 is 2.52 bits per heavy atom. The molecular formula is C19H24N2O3S. The molecule has 1 N–H and O–H groups in total. The Bertz CT molecular complexity index is 646. The van der Waals surface area contributed by atoms with Crippen molar-refractivity contribution in [2.75, 3.05) is 5.75 Å². The summed E-state index contributed by atoms with van der Waals surface area (Å²) in [6, 6.07) is 10.1. The average molecular weight is 360 g/mol. The lowest BCUT2D eigenvalue weighted by molar-refractivity contribution is -0.152. The summed E-state index contributed by atoms with van der Waals surface area (Å²) in [4.78, 5) is 25.2. The lowest BCUT2D eigenvalue weighted by Gasteiger charge is -2.32. The summed E-state index contributed by atoms with van der Waals surface area (Å²) in [7, 11) is 0. The maximum absolute atomic E-state index is 12.3. The number of hydrogen-bond donors (Lipinski definition) is 1. The van der Waals surface area contributed by atoms with Crippen LogP contribution in [0.15, 0.2) is 29.2 Å². The van der Waals surface area contributed by atoms with Gasteiger partial charge in [0.25, 0.3) is 5.91 Å². The third-order valence-electron chi connectivity index (χ3n) is 4.34. The van der Waals surface area contributed by atoms with Crippen molar-refractivity contribution in [3.8, 4) is 6.07 Å². The van der Waals surface area contributed by atoms with Gasteiger partial charge in [0.2, 0.25) is 0 Å². The fourth-order valence-electron chi connectivity index (χ4n) is 2.82. The van der Waals surface area contributed by atoms with Gasteiger partial charge in [-0.1, -0.05) is 37.0 Å². The van der Waals surface area contributed by atoms with Crippen LogP contribution in [0, 0.1) is 18.3 Å². The Morgan fingerprint density at radius 1 is 1.28 bits per heavy atom. The molecule has 6 heteroatoms. The SMILES string of the molecule is Cc1ccc(SCC(=O)O[C@H](C)C(=O)NC2(C#N)CCCCC2)cc1. The van der Waals surface area contributed by atoms with Crippen molar-refractivity contribution in [1.29, 1.82) is 5.26 Å². The number of carbonyl (C=O) groups excluding carboxylic acids is 2. The number of aryl methyl sites for hydroxylation is 1. The zero-order chi connectivity index (χ0) is 18.3. The van der Waals surface area contributed by atoms with E-state index in [1.807, 2.05) is 31.2 Å². The Labute approximate surface area is 153 Å². The van der Waals surface area contributed by atoms with Crippen molar-refractivity contribution in [2.45, 2.75) is 62.5 Å². The van der Waals surface area contributed by atoms with Gasteiger partial charge in [-0.15, -0.1) is 11.8 Å². The number of carbonyl (C=O) groups is 2. The number of nitriles is 1. The molecule has 1 atom stereocenters. The van der Waals surface area contributed by atoms with Gasteiger partial charge in [-0.2, -0.15) is 5.26 Å². The second-order valence-electron chi connectivity index (χ2n) is 6.48. The van der Waals surface area contributed by atoms with Gasteiger partial charge in [0.15, 0.2) is 6.10 Å². The van der Waals surface area contributed by atoms with Crippen molar-refractivity contribution >= 4 is 23.6 Å². The van der Waals surface area contributed by atoms with E-state index in [-0.39, 0.29) is 5.75 Å². The molecular weight excluding hydrogens is 336 g/mol. The number of hydrogen-bond acceptors (Lipinski definition) is 5. The molecule has 1 aromatic rings. The van der Waals surface area contributed by atoms with E-state index in [1.54, 1.807) is 0 Å². The zero-order valence-corrected chi connectivity index (χ0v) is 15.5. The molecule has 0 aromatic heterocycles. The Hall–Kier alpha value is -2.00. The molecule has 1 aromatic carbocycles. The van der Waals surface area contributed by atoms with E-state index in [0.717, 1.165) is 29.7 Å². The molecule has 134 valence electrons. The highest BCUT2D eigenvalue weighted by atomic mass is 32.2. The van der Waals surface area contributed by atoms with Crippen molar-refractivity contribution in [2.24, 2.45) is 0 Å². The van der Waals surface area contributed by atoms with Crippen LogP contribution in [0.4, 0.5) is 0 Å². The fourth-order valence-corrected chi connectivity index (χ4v) is 3.50. The van der Waals surface area contributed by atoms with Crippen LogP contribution in [0.5, 0.6) is 0 Å². The summed E-state index contributed by atoms with van der Waals surface area (Å²) in [6.07, 6.45) is 3.33. The molecule has 0 spiro atoms. The van der Waals surface area contributed by atoms with Gasteiger partial charge >= 0.3 is 5.97 Å². The minimum absolute atomic E-state index is 0.143. The zero-order valence-electron chi connectivity index (χ0n) is 14.7. The molecule has 0 aliphatic heterocycles. The third kappa shape index (κ3) is 5.79. The maximum Gasteiger partial charge on any atom is 0.317 e. The van der Waals surface area contributed by atoms with E-state index in [4.69, 9.17) is 4.74 Å². The highest BCUT2D eigenvalue weighted by molar-refractivity contribution is 8.00. The summed E-state index contributed by atoms with van der Waals surface area (Å²) < 4.78 is 5.21. The third-order valence-corrected chi connectivity index (χ3v) is 5.32. The van der Waals surface area contributed by atoms with E-state index in [9.17, 15) is 14.9 Å². The monoisotopic (exact) mass is 360 g/mol. The molecule has 1 saturated carbocycles. The molecule has 1 amide bonds. The largest absolute Gasteiger partial charge is 0.452 e. The number of esters is 1. The molecule has 0 heterocycles. The lowest BCUT2D eigenvalue weighted by Crippen LogP contribution is -2.52. The van der Waals surface area contributed by atoms with Crippen molar-refractivity contribution in [3.05, 3.63) is 29.8 Å². The van der Waals surface area contributed by atoms with E-state index >= 15 is 0 Å². The molecule has 25 heavy (non-hydrogen) atoms. The first-order chi connectivity index (χ1) is 11.9. The van der Waals surface area contributed by atoms with Gasteiger partial charge in [-0.05, 0) is 38.8 Å². The Morgan fingerprint density at radius 2 is 1.92 bits per heavy atom. The normalized spacial score (nSPS) is 17.2. The molecule has 1 fully saturated rings. The summed E-state index contributed by atoms with van der Waals surface area (Å²) in [5.41, 5.74) is 0.346. The number of amides is 1. The molecule has 5 nitrogen and oxygen atoms in total. The predicted molar refractivity (Wildman–Crippen MR) is 97.0 cm³/mol. The number of ether oxygens (including phenoxy) is 1. The van der Waals surface area contributed by atoms with E-state index in [2.05, 4.69) is 11.4 Å². The van der Waals surface area contributed by atoms with Crippen LogP contribution in [0.3, 0.4) is 0 Å². The van der Waals surface area contributed by atoms with Gasteiger partial charge in [0, 0.05) is 4.90 Å². The summed E-state index contributed by atoms with van der Waals surface area (Å²) in [6.45, 7) is 3.54. The van der Waals surface area contributed by atoms with Crippen molar-refractivity contribution in [3.63, 3.8) is 0 Å². The minimum atomic E-state index is -0.904. The second kappa shape index (κ2) is 8.91. The highest BCUT2D eigenvalue weighted by Gasteiger charge is 2.35. The standard InChI is InChI=1S/C19H24N2O3S/c1-14-6-8-16(9-7-14)25-12-17(22)24-15(2)18(23)21-19(13-20)10-4-3-5-11-19/h6-9,15H,3-5,10-12H2,1-2H3,(H,21,23)/t15-/m1/s1. The maximum atomic E-state index is 12.3. The van der Waals surface area contributed by atoms with Crippen LogP contribution in [-0.4, -0.2) is 29.3 Å². The summed E-state index contributed by atoms with van der Waals surface area (Å²) in [5.74, 6) is -0.704. The summed E-state index contributed by atoms with van der Waals surface area (Å²) in [5, 5.41) is 12.2. The van der Waals surface area contributed by atoms with Gasteiger partial charge in [-0.3, -0.25) is 9.59 Å². The lowest BCUT2D eigenvalue weighted by atomic mass is 9.83. The van der Waals surface area contributed by atoms with Gasteiger partial charge in [0.05, 0.1) is 11.8 Å². The molecule has 0 unspecified atom stereocenters. The van der Waals surface area contributed by atoms with Gasteiger partial charge in [0.1, 0.15) is 5.54 Å². The fraction of sp³-hybridized carbons (Fsp3) is 0.526. The van der Waals surface area contributed by atoms with Crippen LogP contribution < -0.4 is 5.32 Å². The second-order valence-corrected chi connectivity index (χ2v) is 7.53. The molecule has 1 aliphatic rings. The highest BCUT2D eigenvalue weighted by Crippen LogP contribution is 2.27. The van der Waals surface area contributed by atoms with Crippen molar-refractivity contribution < 1.29 is 14.3 Å². The van der Waals surface area contributed by atoms with Gasteiger partial charge in [-0.25, -0.2) is 0 Å². The molecule has 0 radical (unpaired) electrons. The first kappa shape index (κ1) is 19.3. The first-order valence-corrected chi connectivity index (χ1v) is 9.55. The molecule has 1 aliphatic carbocycles.